The van der Waals surface area contributed by atoms with Crippen molar-refractivity contribution in [1.29, 1.82) is 0 Å². The van der Waals surface area contributed by atoms with Gasteiger partial charge in [0.1, 0.15) is 11.5 Å². The van der Waals surface area contributed by atoms with Crippen molar-refractivity contribution in [3.05, 3.63) is 35.2 Å². The molecule has 2 rings (SSSR count). The largest absolute Gasteiger partial charge is 0.383 e. The van der Waals surface area contributed by atoms with Crippen LogP contribution in [-0.2, 0) is 6.54 Å². The third-order valence-electron chi connectivity index (χ3n) is 3.54. The Hall–Kier alpha value is -1.77. The van der Waals surface area contributed by atoms with E-state index in [1.165, 1.54) is 16.7 Å². The Kier molecular flexibility index (Phi) is 3.65. The van der Waals surface area contributed by atoms with Gasteiger partial charge in [0.25, 0.3) is 0 Å². The fourth-order valence-electron chi connectivity index (χ4n) is 2.35. The van der Waals surface area contributed by atoms with E-state index in [1.807, 2.05) is 10.9 Å². The molecule has 0 bridgehead atoms. The molecular formula is C16H23N3. The van der Waals surface area contributed by atoms with Crippen molar-refractivity contribution in [1.82, 2.24) is 9.55 Å². The van der Waals surface area contributed by atoms with Gasteiger partial charge in [0.15, 0.2) is 0 Å². The molecule has 102 valence electrons. The quantitative estimate of drug-likeness (QED) is 0.910. The maximum atomic E-state index is 6.24. The lowest BCUT2D eigenvalue weighted by Gasteiger charge is -2.11. The van der Waals surface area contributed by atoms with Gasteiger partial charge in [0.2, 0.25) is 0 Å². The number of hydrogen-bond donors (Lipinski definition) is 1. The normalized spacial score (nSPS) is 11.3. The fraction of sp³-hybridized carbons (Fsp3) is 0.438. The fourth-order valence-corrected chi connectivity index (χ4v) is 2.35. The Labute approximate surface area is 115 Å². The predicted molar refractivity (Wildman–Crippen MR) is 81.1 cm³/mol. The van der Waals surface area contributed by atoms with Crippen molar-refractivity contribution in [2.75, 3.05) is 5.73 Å². The van der Waals surface area contributed by atoms with Crippen LogP contribution in [0.3, 0.4) is 0 Å². The molecule has 3 nitrogen and oxygen atoms in total. The van der Waals surface area contributed by atoms with Gasteiger partial charge in [-0.15, -0.1) is 0 Å². The van der Waals surface area contributed by atoms with E-state index in [9.17, 15) is 0 Å². The number of rotatable bonds is 3. The molecule has 1 aromatic heterocycles. The Bertz CT molecular complexity index is 594. The molecule has 19 heavy (non-hydrogen) atoms. The molecule has 0 atom stereocenters. The molecule has 2 N–H and O–H groups in total. The van der Waals surface area contributed by atoms with Crippen LogP contribution in [0.4, 0.5) is 5.82 Å². The second-order valence-corrected chi connectivity index (χ2v) is 5.78. The summed E-state index contributed by atoms with van der Waals surface area (Å²) in [5.74, 6) is 1.32. The molecule has 0 radical (unpaired) electrons. The van der Waals surface area contributed by atoms with E-state index in [4.69, 9.17) is 5.73 Å². The molecule has 0 aliphatic rings. The number of nitrogen functional groups attached to an aromatic ring is 1. The molecule has 3 heteroatoms. The van der Waals surface area contributed by atoms with E-state index < -0.39 is 0 Å². The zero-order valence-electron chi connectivity index (χ0n) is 12.5. The first-order chi connectivity index (χ1) is 8.90. The van der Waals surface area contributed by atoms with Crippen molar-refractivity contribution in [2.24, 2.45) is 5.92 Å². The maximum absolute atomic E-state index is 6.24. The lowest BCUT2D eigenvalue weighted by Crippen LogP contribution is -2.07. The van der Waals surface area contributed by atoms with E-state index in [0.29, 0.717) is 5.92 Å². The van der Waals surface area contributed by atoms with Gasteiger partial charge in [-0.05, 0) is 49.4 Å². The van der Waals surface area contributed by atoms with Crippen LogP contribution in [0.1, 0.15) is 30.5 Å². The van der Waals surface area contributed by atoms with Gasteiger partial charge >= 0.3 is 0 Å². The monoisotopic (exact) mass is 257 g/mol. The Morgan fingerprint density at radius 3 is 2.37 bits per heavy atom. The first-order valence-corrected chi connectivity index (χ1v) is 6.79. The molecular weight excluding hydrogens is 234 g/mol. The standard InChI is InChI=1S/C16H23N3/c1-10(2)8-19-9-18-15(16(19)17)14-7-12(4)11(3)6-13(14)5/h6-7,9-10H,8,17H2,1-5H3. The third kappa shape index (κ3) is 2.65. The van der Waals surface area contributed by atoms with Gasteiger partial charge in [-0.1, -0.05) is 19.9 Å². The van der Waals surface area contributed by atoms with Crippen LogP contribution < -0.4 is 5.73 Å². The molecule has 1 aromatic carbocycles. The minimum absolute atomic E-state index is 0.560. The van der Waals surface area contributed by atoms with Gasteiger partial charge in [0.05, 0.1) is 6.33 Å². The number of imidazole rings is 1. The first kappa shape index (κ1) is 13.7. The number of nitrogens with two attached hydrogens (primary N) is 1. The van der Waals surface area contributed by atoms with Gasteiger partial charge in [-0.25, -0.2) is 4.98 Å². The number of hydrogen-bond acceptors (Lipinski definition) is 2. The van der Waals surface area contributed by atoms with Crippen LogP contribution in [0.25, 0.3) is 11.3 Å². The highest BCUT2D eigenvalue weighted by atomic mass is 15.1. The number of benzene rings is 1. The van der Waals surface area contributed by atoms with Crippen LogP contribution in [0, 0.1) is 26.7 Å². The molecule has 0 aliphatic heterocycles. The van der Waals surface area contributed by atoms with Crippen LogP contribution in [-0.4, -0.2) is 9.55 Å². The van der Waals surface area contributed by atoms with E-state index in [0.717, 1.165) is 23.6 Å². The number of anilines is 1. The summed E-state index contributed by atoms with van der Waals surface area (Å²) in [6, 6.07) is 4.38. The van der Waals surface area contributed by atoms with Crippen molar-refractivity contribution in [2.45, 2.75) is 41.2 Å². The summed E-state index contributed by atoms with van der Waals surface area (Å²) in [6.07, 6.45) is 1.85. The van der Waals surface area contributed by atoms with E-state index in [2.05, 4.69) is 51.7 Å². The smallest absolute Gasteiger partial charge is 0.131 e. The lowest BCUT2D eigenvalue weighted by molar-refractivity contribution is 0.527. The van der Waals surface area contributed by atoms with Crippen molar-refractivity contribution >= 4 is 5.82 Å². The topological polar surface area (TPSA) is 43.8 Å². The summed E-state index contributed by atoms with van der Waals surface area (Å²) in [4.78, 5) is 4.51. The lowest BCUT2D eigenvalue weighted by atomic mass is 9.99. The molecule has 0 unspecified atom stereocenters. The van der Waals surface area contributed by atoms with Crippen molar-refractivity contribution < 1.29 is 0 Å². The average molecular weight is 257 g/mol. The summed E-state index contributed by atoms with van der Waals surface area (Å²) in [5.41, 5.74) is 12.1. The summed E-state index contributed by atoms with van der Waals surface area (Å²) < 4.78 is 2.04. The van der Waals surface area contributed by atoms with Crippen molar-refractivity contribution in [3.63, 3.8) is 0 Å². The van der Waals surface area contributed by atoms with Crippen LogP contribution in [0.2, 0.25) is 0 Å². The van der Waals surface area contributed by atoms with E-state index >= 15 is 0 Å². The van der Waals surface area contributed by atoms with Gasteiger partial charge in [-0.2, -0.15) is 0 Å². The Balaban J connectivity index is 2.48. The summed E-state index contributed by atoms with van der Waals surface area (Å²) in [6.45, 7) is 11.6. The number of aryl methyl sites for hydroxylation is 3. The van der Waals surface area contributed by atoms with Gasteiger partial charge in [0, 0.05) is 12.1 Å². The third-order valence-corrected chi connectivity index (χ3v) is 3.54. The highest BCUT2D eigenvalue weighted by Gasteiger charge is 2.13. The SMILES string of the molecule is Cc1cc(C)c(-c2ncn(CC(C)C)c2N)cc1C. The highest BCUT2D eigenvalue weighted by molar-refractivity contribution is 5.74. The number of aromatic nitrogens is 2. The second-order valence-electron chi connectivity index (χ2n) is 5.78. The maximum Gasteiger partial charge on any atom is 0.131 e. The molecule has 1 heterocycles. The van der Waals surface area contributed by atoms with Crippen LogP contribution in [0.15, 0.2) is 18.5 Å². The van der Waals surface area contributed by atoms with E-state index in [1.54, 1.807) is 0 Å². The Morgan fingerprint density at radius 2 is 1.74 bits per heavy atom. The molecule has 2 aromatic rings. The zero-order chi connectivity index (χ0) is 14.2. The van der Waals surface area contributed by atoms with E-state index in [-0.39, 0.29) is 0 Å². The van der Waals surface area contributed by atoms with Gasteiger partial charge < -0.3 is 10.3 Å². The van der Waals surface area contributed by atoms with Crippen LogP contribution >= 0.6 is 0 Å². The second kappa shape index (κ2) is 5.08. The summed E-state index contributed by atoms with van der Waals surface area (Å²) >= 11 is 0. The molecule has 0 amide bonds. The van der Waals surface area contributed by atoms with Crippen molar-refractivity contribution in [3.8, 4) is 11.3 Å². The average Bonchev–Trinajstić information content (AvgIpc) is 2.65. The molecule has 0 spiro atoms. The first-order valence-electron chi connectivity index (χ1n) is 6.79. The molecule has 0 saturated carbocycles. The minimum atomic E-state index is 0.560. The summed E-state index contributed by atoms with van der Waals surface area (Å²) in [7, 11) is 0. The number of nitrogens with zero attached hydrogens (tertiary/aromatic N) is 2. The molecule has 0 saturated heterocycles. The zero-order valence-corrected chi connectivity index (χ0v) is 12.5. The minimum Gasteiger partial charge on any atom is -0.383 e. The predicted octanol–water partition coefficient (Wildman–Crippen LogP) is 3.71. The molecule has 0 aliphatic carbocycles. The molecule has 0 fully saturated rings. The van der Waals surface area contributed by atoms with Gasteiger partial charge in [-0.3, -0.25) is 0 Å². The van der Waals surface area contributed by atoms with Crippen LogP contribution in [0.5, 0.6) is 0 Å². The highest BCUT2D eigenvalue weighted by Crippen LogP contribution is 2.29. The Morgan fingerprint density at radius 1 is 1.11 bits per heavy atom. The summed E-state index contributed by atoms with van der Waals surface area (Å²) in [5, 5.41) is 0.